The second-order valence-corrected chi connectivity index (χ2v) is 4.99. The lowest BCUT2D eigenvalue weighted by molar-refractivity contribution is 0.0587. The van der Waals surface area contributed by atoms with Crippen LogP contribution in [0.25, 0.3) is 0 Å². The van der Waals surface area contributed by atoms with Crippen LogP contribution in [0.15, 0.2) is 16.5 Å². The standard InChI is InChI=1S/C12H17ClN2O2/c1-8-4-5-15(7-9(8)6-14)12(16)10-2-3-11(13)17-10/h2-3,8-9H,4-7,14H2,1H3. The maximum Gasteiger partial charge on any atom is 0.289 e. The second kappa shape index (κ2) is 5.10. The number of piperidine rings is 1. The minimum Gasteiger partial charge on any atom is -0.440 e. The number of nitrogens with two attached hydrogens (primary N) is 1. The van der Waals surface area contributed by atoms with E-state index in [-0.39, 0.29) is 11.1 Å². The lowest BCUT2D eigenvalue weighted by atomic mass is 9.87. The van der Waals surface area contributed by atoms with Crippen LogP contribution in [0.4, 0.5) is 0 Å². The lowest BCUT2D eigenvalue weighted by Crippen LogP contribution is -2.45. The summed E-state index contributed by atoms with van der Waals surface area (Å²) in [6, 6.07) is 3.20. The average Bonchev–Trinajstić information content (AvgIpc) is 2.75. The van der Waals surface area contributed by atoms with Gasteiger partial charge in [0.2, 0.25) is 0 Å². The van der Waals surface area contributed by atoms with Gasteiger partial charge in [-0.15, -0.1) is 0 Å². The summed E-state index contributed by atoms with van der Waals surface area (Å²) in [5.74, 6) is 1.16. The van der Waals surface area contributed by atoms with Gasteiger partial charge in [-0.3, -0.25) is 4.79 Å². The number of nitrogens with zero attached hydrogens (tertiary/aromatic N) is 1. The van der Waals surface area contributed by atoms with Crippen LogP contribution in [0.5, 0.6) is 0 Å². The highest BCUT2D eigenvalue weighted by Gasteiger charge is 2.29. The molecule has 0 spiro atoms. The molecule has 5 heteroatoms. The molecule has 2 rings (SSSR count). The smallest absolute Gasteiger partial charge is 0.289 e. The molecule has 94 valence electrons. The quantitative estimate of drug-likeness (QED) is 0.880. The molecule has 0 radical (unpaired) electrons. The van der Waals surface area contributed by atoms with Gasteiger partial charge in [0, 0.05) is 13.1 Å². The van der Waals surface area contributed by atoms with E-state index in [1.807, 2.05) is 0 Å². The molecule has 2 N–H and O–H groups in total. The molecule has 17 heavy (non-hydrogen) atoms. The predicted molar refractivity (Wildman–Crippen MR) is 65.9 cm³/mol. The third-order valence-corrected chi connectivity index (χ3v) is 3.69. The average molecular weight is 257 g/mol. The zero-order valence-electron chi connectivity index (χ0n) is 9.86. The maximum absolute atomic E-state index is 12.1. The fourth-order valence-corrected chi connectivity index (χ4v) is 2.37. The molecular formula is C12H17ClN2O2. The Morgan fingerprint density at radius 3 is 3.00 bits per heavy atom. The van der Waals surface area contributed by atoms with E-state index in [1.54, 1.807) is 17.0 Å². The van der Waals surface area contributed by atoms with Crippen molar-refractivity contribution in [3.8, 4) is 0 Å². The van der Waals surface area contributed by atoms with Crippen molar-refractivity contribution in [1.82, 2.24) is 4.90 Å². The fraction of sp³-hybridized carbons (Fsp3) is 0.583. The van der Waals surface area contributed by atoms with E-state index >= 15 is 0 Å². The van der Waals surface area contributed by atoms with Crippen LogP contribution in [-0.4, -0.2) is 30.4 Å². The molecule has 4 nitrogen and oxygen atoms in total. The van der Waals surface area contributed by atoms with Crippen molar-refractivity contribution in [3.63, 3.8) is 0 Å². The maximum atomic E-state index is 12.1. The van der Waals surface area contributed by atoms with Crippen molar-refractivity contribution in [1.29, 1.82) is 0 Å². The molecule has 1 amide bonds. The van der Waals surface area contributed by atoms with Crippen LogP contribution in [-0.2, 0) is 0 Å². The Kier molecular flexibility index (Phi) is 3.74. The van der Waals surface area contributed by atoms with Gasteiger partial charge in [-0.2, -0.15) is 0 Å². The third kappa shape index (κ3) is 2.64. The van der Waals surface area contributed by atoms with Gasteiger partial charge in [0.25, 0.3) is 5.91 Å². The zero-order valence-corrected chi connectivity index (χ0v) is 10.6. The van der Waals surface area contributed by atoms with Gasteiger partial charge in [-0.05, 0) is 48.5 Å². The molecule has 1 aliphatic rings. The van der Waals surface area contributed by atoms with Crippen LogP contribution < -0.4 is 5.73 Å². The summed E-state index contributed by atoms with van der Waals surface area (Å²) in [5, 5.41) is 0.245. The van der Waals surface area contributed by atoms with Gasteiger partial charge in [0.15, 0.2) is 11.0 Å². The number of halogens is 1. The number of likely N-dealkylation sites (tertiary alicyclic amines) is 1. The number of hydrogen-bond acceptors (Lipinski definition) is 3. The highest BCUT2D eigenvalue weighted by Crippen LogP contribution is 2.24. The Balaban J connectivity index is 2.05. The SMILES string of the molecule is CC1CCN(C(=O)c2ccc(Cl)o2)CC1CN. The summed E-state index contributed by atoms with van der Waals surface area (Å²) in [6.45, 7) is 4.26. The summed E-state index contributed by atoms with van der Waals surface area (Å²) in [6.07, 6.45) is 0.988. The van der Waals surface area contributed by atoms with E-state index in [2.05, 4.69) is 6.92 Å². The van der Waals surface area contributed by atoms with Crippen molar-refractivity contribution in [2.45, 2.75) is 13.3 Å². The van der Waals surface area contributed by atoms with Crippen LogP contribution in [0.3, 0.4) is 0 Å². The molecule has 2 heterocycles. The van der Waals surface area contributed by atoms with Gasteiger partial charge in [-0.25, -0.2) is 0 Å². The van der Waals surface area contributed by atoms with Crippen molar-refractivity contribution < 1.29 is 9.21 Å². The monoisotopic (exact) mass is 256 g/mol. The van der Waals surface area contributed by atoms with Crippen molar-refractivity contribution in [2.75, 3.05) is 19.6 Å². The van der Waals surface area contributed by atoms with Crippen LogP contribution >= 0.6 is 11.6 Å². The first-order valence-corrected chi connectivity index (χ1v) is 6.24. The number of furan rings is 1. The molecule has 2 unspecified atom stereocenters. The van der Waals surface area contributed by atoms with Crippen molar-refractivity contribution >= 4 is 17.5 Å². The van der Waals surface area contributed by atoms with Gasteiger partial charge >= 0.3 is 0 Å². The number of hydrogen-bond donors (Lipinski definition) is 1. The van der Waals surface area contributed by atoms with E-state index in [1.165, 1.54) is 0 Å². The Labute approximate surface area is 106 Å². The fourth-order valence-electron chi connectivity index (χ4n) is 2.23. The number of amides is 1. The largest absolute Gasteiger partial charge is 0.440 e. The van der Waals surface area contributed by atoms with E-state index in [4.69, 9.17) is 21.8 Å². The normalized spacial score (nSPS) is 25.0. The molecule has 1 aromatic rings. The van der Waals surface area contributed by atoms with Gasteiger partial charge < -0.3 is 15.1 Å². The number of rotatable bonds is 2. The first kappa shape index (κ1) is 12.5. The van der Waals surface area contributed by atoms with Gasteiger partial charge in [0.05, 0.1) is 0 Å². The Morgan fingerprint density at radius 1 is 1.65 bits per heavy atom. The van der Waals surface area contributed by atoms with Gasteiger partial charge in [-0.1, -0.05) is 6.92 Å². The summed E-state index contributed by atoms with van der Waals surface area (Å²) >= 11 is 5.67. The minimum atomic E-state index is -0.0951. The Morgan fingerprint density at radius 2 is 2.41 bits per heavy atom. The molecule has 1 fully saturated rings. The second-order valence-electron chi connectivity index (χ2n) is 4.62. The molecule has 1 saturated heterocycles. The Hall–Kier alpha value is -1.00. The first-order chi connectivity index (χ1) is 8.11. The van der Waals surface area contributed by atoms with Crippen molar-refractivity contribution in [2.24, 2.45) is 17.6 Å². The van der Waals surface area contributed by atoms with Crippen LogP contribution in [0.2, 0.25) is 5.22 Å². The highest BCUT2D eigenvalue weighted by molar-refractivity contribution is 6.29. The summed E-state index contributed by atoms with van der Waals surface area (Å²) in [4.78, 5) is 13.9. The van der Waals surface area contributed by atoms with E-state index in [0.717, 1.165) is 13.0 Å². The van der Waals surface area contributed by atoms with Crippen LogP contribution in [0, 0.1) is 11.8 Å². The first-order valence-electron chi connectivity index (χ1n) is 5.86. The molecule has 2 atom stereocenters. The lowest BCUT2D eigenvalue weighted by Gasteiger charge is -2.36. The zero-order chi connectivity index (χ0) is 12.4. The summed E-state index contributed by atoms with van der Waals surface area (Å²) in [7, 11) is 0. The predicted octanol–water partition coefficient (Wildman–Crippen LogP) is 1.99. The molecule has 0 aliphatic carbocycles. The topological polar surface area (TPSA) is 59.5 Å². The number of carbonyl (C=O) groups is 1. The van der Waals surface area contributed by atoms with E-state index in [0.29, 0.717) is 30.7 Å². The molecule has 1 aliphatic heterocycles. The summed E-state index contributed by atoms with van der Waals surface area (Å²) < 4.78 is 5.14. The highest BCUT2D eigenvalue weighted by atomic mass is 35.5. The van der Waals surface area contributed by atoms with Crippen LogP contribution in [0.1, 0.15) is 23.9 Å². The van der Waals surface area contributed by atoms with Gasteiger partial charge in [0.1, 0.15) is 0 Å². The number of carbonyl (C=O) groups excluding carboxylic acids is 1. The minimum absolute atomic E-state index is 0.0951. The van der Waals surface area contributed by atoms with Crippen molar-refractivity contribution in [3.05, 3.63) is 23.1 Å². The molecule has 0 bridgehead atoms. The molecular weight excluding hydrogens is 240 g/mol. The molecule has 0 saturated carbocycles. The van der Waals surface area contributed by atoms with E-state index in [9.17, 15) is 4.79 Å². The summed E-state index contributed by atoms with van der Waals surface area (Å²) in [5.41, 5.74) is 5.72. The Bertz CT molecular complexity index is 405. The van der Waals surface area contributed by atoms with E-state index < -0.39 is 0 Å². The molecule has 1 aromatic heterocycles. The molecule has 0 aromatic carbocycles. The third-order valence-electron chi connectivity index (χ3n) is 3.49.